The van der Waals surface area contributed by atoms with Gasteiger partial charge in [0.25, 0.3) is 0 Å². The van der Waals surface area contributed by atoms with Crippen molar-refractivity contribution in [1.29, 1.82) is 0 Å². The molecule has 1 aliphatic rings. The van der Waals surface area contributed by atoms with Crippen LogP contribution in [0.2, 0.25) is 0 Å². The van der Waals surface area contributed by atoms with Crippen LogP contribution >= 0.6 is 0 Å². The molecule has 0 bridgehead atoms. The Labute approximate surface area is 109 Å². The van der Waals surface area contributed by atoms with E-state index < -0.39 is 10.0 Å². The average molecular weight is 268 g/mol. The number of aryl methyl sites for hydroxylation is 1. The van der Waals surface area contributed by atoms with Crippen molar-refractivity contribution in [3.63, 3.8) is 0 Å². The minimum Gasteiger partial charge on any atom is -0.313 e. The quantitative estimate of drug-likeness (QED) is 0.875. The number of anilines is 1. The second kappa shape index (κ2) is 5.28. The molecule has 4 nitrogen and oxygen atoms in total. The zero-order valence-corrected chi connectivity index (χ0v) is 11.7. The first-order valence-corrected chi connectivity index (χ1v) is 7.93. The fourth-order valence-corrected chi connectivity index (χ4v) is 3.69. The third kappa shape index (κ3) is 3.23. The van der Waals surface area contributed by atoms with E-state index in [1.165, 1.54) is 0 Å². The molecule has 0 saturated carbocycles. The van der Waals surface area contributed by atoms with Gasteiger partial charge in [0.1, 0.15) is 0 Å². The van der Waals surface area contributed by atoms with Crippen LogP contribution in [0.4, 0.5) is 5.69 Å². The minimum absolute atomic E-state index is 0.0904. The molecule has 18 heavy (non-hydrogen) atoms. The van der Waals surface area contributed by atoms with Crippen LogP contribution in [0.5, 0.6) is 0 Å². The zero-order valence-electron chi connectivity index (χ0n) is 10.9. The summed E-state index contributed by atoms with van der Waals surface area (Å²) in [5.41, 5.74) is 2.77. The molecule has 100 valence electrons. The summed E-state index contributed by atoms with van der Waals surface area (Å²) < 4.78 is 26.8. The number of nitrogens with one attached hydrogen (secondary N) is 2. The molecule has 1 heterocycles. The van der Waals surface area contributed by atoms with E-state index in [0.29, 0.717) is 5.69 Å². The Morgan fingerprint density at radius 1 is 1.39 bits per heavy atom. The first-order chi connectivity index (χ1) is 8.48. The van der Waals surface area contributed by atoms with Gasteiger partial charge >= 0.3 is 0 Å². The molecule has 0 amide bonds. The van der Waals surface area contributed by atoms with Crippen molar-refractivity contribution in [3.05, 3.63) is 29.3 Å². The van der Waals surface area contributed by atoms with Crippen LogP contribution in [0, 0.1) is 13.8 Å². The third-order valence-electron chi connectivity index (χ3n) is 3.45. The number of sulfonamides is 1. The molecule has 0 aromatic heterocycles. The van der Waals surface area contributed by atoms with Crippen molar-refractivity contribution in [1.82, 2.24) is 5.32 Å². The van der Waals surface area contributed by atoms with Gasteiger partial charge in [-0.05, 0) is 50.4 Å². The van der Waals surface area contributed by atoms with E-state index in [-0.39, 0.29) is 11.8 Å². The number of hydrogen-bond acceptors (Lipinski definition) is 3. The van der Waals surface area contributed by atoms with Crippen molar-refractivity contribution in [2.75, 3.05) is 17.0 Å². The smallest absolute Gasteiger partial charge is 0.234 e. The van der Waals surface area contributed by atoms with Gasteiger partial charge in [0.2, 0.25) is 10.0 Å². The predicted molar refractivity (Wildman–Crippen MR) is 74.4 cm³/mol. The Morgan fingerprint density at radius 2 is 2.17 bits per heavy atom. The van der Waals surface area contributed by atoms with Crippen LogP contribution in [-0.4, -0.2) is 26.8 Å². The molecule has 1 saturated heterocycles. The summed E-state index contributed by atoms with van der Waals surface area (Å²) >= 11 is 0. The second-order valence-electron chi connectivity index (χ2n) is 4.92. The van der Waals surface area contributed by atoms with E-state index in [4.69, 9.17) is 0 Å². The van der Waals surface area contributed by atoms with E-state index in [9.17, 15) is 8.42 Å². The molecular weight excluding hydrogens is 248 g/mol. The lowest BCUT2D eigenvalue weighted by Gasteiger charge is -2.15. The SMILES string of the molecule is Cc1cccc(NS(=O)(=O)CC2CCCN2)c1C. The highest BCUT2D eigenvalue weighted by atomic mass is 32.2. The number of hydrogen-bond donors (Lipinski definition) is 2. The number of benzene rings is 1. The van der Waals surface area contributed by atoms with Gasteiger partial charge in [0.15, 0.2) is 0 Å². The third-order valence-corrected chi connectivity index (χ3v) is 4.83. The lowest BCUT2D eigenvalue weighted by molar-refractivity contribution is 0.581. The van der Waals surface area contributed by atoms with Gasteiger partial charge in [-0.3, -0.25) is 4.72 Å². The van der Waals surface area contributed by atoms with Crippen LogP contribution in [0.15, 0.2) is 18.2 Å². The predicted octanol–water partition coefficient (Wildman–Crippen LogP) is 1.80. The van der Waals surface area contributed by atoms with E-state index in [2.05, 4.69) is 10.0 Å². The van der Waals surface area contributed by atoms with Crippen molar-refractivity contribution in [2.45, 2.75) is 32.7 Å². The summed E-state index contributed by atoms with van der Waals surface area (Å²) in [4.78, 5) is 0. The molecule has 1 aromatic rings. The first kappa shape index (κ1) is 13.4. The Bertz CT molecular complexity index is 520. The molecule has 5 heteroatoms. The maximum atomic E-state index is 12.1. The van der Waals surface area contributed by atoms with Gasteiger partial charge in [-0.2, -0.15) is 0 Å². The van der Waals surface area contributed by atoms with Crippen LogP contribution in [-0.2, 0) is 10.0 Å². The van der Waals surface area contributed by atoms with Gasteiger partial charge < -0.3 is 5.32 Å². The Kier molecular flexibility index (Phi) is 3.92. The molecule has 1 aromatic carbocycles. The summed E-state index contributed by atoms with van der Waals surface area (Å²) in [5.74, 6) is 0.153. The Morgan fingerprint density at radius 3 is 2.83 bits per heavy atom. The Hall–Kier alpha value is -1.07. The second-order valence-corrected chi connectivity index (χ2v) is 6.69. The van der Waals surface area contributed by atoms with Crippen LogP contribution in [0.1, 0.15) is 24.0 Å². The summed E-state index contributed by atoms with van der Waals surface area (Å²) in [5, 5.41) is 3.21. The minimum atomic E-state index is -3.27. The highest BCUT2D eigenvalue weighted by molar-refractivity contribution is 7.92. The van der Waals surface area contributed by atoms with Crippen LogP contribution in [0.3, 0.4) is 0 Å². The molecule has 1 aliphatic heterocycles. The molecular formula is C13H20N2O2S. The summed E-state index contributed by atoms with van der Waals surface area (Å²) in [7, 11) is -3.27. The van der Waals surface area contributed by atoms with Crippen LogP contribution in [0.25, 0.3) is 0 Å². The lowest BCUT2D eigenvalue weighted by Crippen LogP contribution is -2.33. The largest absolute Gasteiger partial charge is 0.313 e. The van der Waals surface area contributed by atoms with Crippen LogP contribution < -0.4 is 10.0 Å². The molecule has 0 spiro atoms. The molecule has 0 radical (unpaired) electrons. The molecule has 1 atom stereocenters. The molecule has 2 N–H and O–H groups in total. The lowest BCUT2D eigenvalue weighted by atomic mass is 10.1. The summed E-state index contributed by atoms with van der Waals surface area (Å²) in [6.45, 7) is 4.83. The maximum Gasteiger partial charge on any atom is 0.234 e. The van der Waals surface area contributed by atoms with Gasteiger partial charge in [0.05, 0.1) is 11.4 Å². The van der Waals surface area contributed by atoms with Gasteiger partial charge in [-0.1, -0.05) is 12.1 Å². The van der Waals surface area contributed by atoms with Crippen molar-refractivity contribution < 1.29 is 8.42 Å². The van der Waals surface area contributed by atoms with Gasteiger partial charge in [-0.25, -0.2) is 8.42 Å². The topological polar surface area (TPSA) is 58.2 Å². The van der Waals surface area contributed by atoms with Crippen molar-refractivity contribution in [2.24, 2.45) is 0 Å². The van der Waals surface area contributed by atoms with Gasteiger partial charge in [0, 0.05) is 6.04 Å². The monoisotopic (exact) mass is 268 g/mol. The molecule has 0 aliphatic carbocycles. The van der Waals surface area contributed by atoms with Crippen molar-refractivity contribution >= 4 is 15.7 Å². The Balaban J connectivity index is 2.09. The number of rotatable bonds is 4. The highest BCUT2D eigenvalue weighted by Gasteiger charge is 2.22. The fourth-order valence-electron chi connectivity index (χ4n) is 2.23. The average Bonchev–Trinajstić information content (AvgIpc) is 2.76. The normalized spacial score (nSPS) is 20.0. The summed E-state index contributed by atoms with van der Waals surface area (Å²) in [6.07, 6.45) is 2.00. The highest BCUT2D eigenvalue weighted by Crippen LogP contribution is 2.20. The van der Waals surface area contributed by atoms with E-state index >= 15 is 0 Å². The van der Waals surface area contributed by atoms with Crippen molar-refractivity contribution in [3.8, 4) is 0 Å². The summed E-state index contributed by atoms with van der Waals surface area (Å²) in [6, 6.07) is 5.74. The standard InChI is InChI=1S/C13H20N2O2S/c1-10-5-3-7-13(11(10)2)15-18(16,17)9-12-6-4-8-14-12/h3,5,7,12,14-15H,4,6,8-9H2,1-2H3. The van der Waals surface area contributed by atoms with E-state index in [1.54, 1.807) is 0 Å². The van der Waals surface area contributed by atoms with E-state index in [1.807, 2.05) is 32.0 Å². The van der Waals surface area contributed by atoms with Gasteiger partial charge in [-0.15, -0.1) is 0 Å². The first-order valence-electron chi connectivity index (χ1n) is 6.28. The fraction of sp³-hybridized carbons (Fsp3) is 0.538. The zero-order chi connectivity index (χ0) is 13.2. The molecule has 1 unspecified atom stereocenters. The molecule has 1 fully saturated rings. The maximum absolute atomic E-state index is 12.1. The van der Waals surface area contributed by atoms with E-state index in [0.717, 1.165) is 30.5 Å². The molecule has 2 rings (SSSR count).